The van der Waals surface area contributed by atoms with Crippen molar-refractivity contribution in [1.82, 2.24) is 15.1 Å². The predicted octanol–water partition coefficient (Wildman–Crippen LogP) is 1.54. The molecule has 1 aromatic carbocycles. The van der Waals surface area contributed by atoms with E-state index >= 15 is 0 Å². The van der Waals surface area contributed by atoms with Crippen molar-refractivity contribution in [1.29, 1.82) is 0 Å². The molecule has 1 aliphatic heterocycles. The Morgan fingerprint density at radius 1 is 1.22 bits per heavy atom. The smallest absolute Gasteiger partial charge is 0.254 e. The summed E-state index contributed by atoms with van der Waals surface area (Å²) in [6.45, 7) is 10.8. The number of nitrogens with zero attached hydrogens (tertiary/aromatic N) is 2. The van der Waals surface area contributed by atoms with Crippen molar-refractivity contribution in [2.24, 2.45) is 0 Å². The van der Waals surface area contributed by atoms with E-state index in [-0.39, 0.29) is 17.9 Å². The lowest BCUT2D eigenvalue weighted by Gasteiger charge is -2.34. The highest BCUT2D eigenvalue weighted by Crippen LogP contribution is 2.28. The average molecular weight is 375 g/mol. The maximum absolute atomic E-state index is 12.8. The van der Waals surface area contributed by atoms with Crippen molar-refractivity contribution in [3.05, 3.63) is 36.4 Å². The van der Waals surface area contributed by atoms with Crippen LogP contribution in [0.25, 0.3) is 0 Å². The molecule has 0 aliphatic carbocycles. The summed E-state index contributed by atoms with van der Waals surface area (Å²) in [7, 11) is 1.55. The van der Waals surface area contributed by atoms with E-state index in [1.807, 2.05) is 13.8 Å². The minimum atomic E-state index is -0.0464. The van der Waals surface area contributed by atoms with E-state index in [4.69, 9.17) is 9.47 Å². The third kappa shape index (κ3) is 5.99. The number of amides is 2. The van der Waals surface area contributed by atoms with E-state index < -0.39 is 0 Å². The molecule has 148 valence electrons. The molecule has 2 amide bonds. The van der Waals surface area contributed by atoms with Crippen molar-refractivity contribution in [3.63, 3.8) is 0 Å². The molecule has 7 heteroatoms. The fourth-order valence-electron chi connectivity index (χ4n) is 2.93. The summed E-state index contributed by atoms with van der Waals surface area (Å²) in [4.78, 5) is 28.5. The zero-order valence-corrected chi connectivity index (χ0v) is 16.4. The van der Waals surface area contributed by atoms with Gasteiger partial charge >= 0.3 is 0 Å². The van der Waals surface area contributed by atoms with Crippen molar-refractivity contribution < 1.29 is 19.1 Å². The summed E-state index contributed by atoms with van der Waals surface area (Å²) in [5.41, 5.74) is 0.559. The molecular weight excluding hydrogens is 346 g/mol. The number of methoxy groups -OCH3 is 1. The molecule has 0 bridgehead atoms. The first-order chi connectivity index (χ1) is 12.9. The van der Waals surface area contributed by atoms with Crippen LogP contribution in [0.1, 0.15) is 24.2 Å². The Hall–Kier alpha value is -2.54. The molecule has 0 unspecified atom stereocenters. The van der Waals surface area contributed by atoms with Gasteiger partial charge in [-0.2, -0.15) is 0 Å². The van der Waals surface area contributed by atoms with Crippen molar-refractivity contribution >= 4 is 11.8 Å². The van der Waals surface area contributed by atoms with Crippen LogP contribution in [0.4, 0.5) is 0 Å². The SMILES string of the molecule is C=CCOc1ccc(C(=O)N2CCN(CC(=O)NC(C)C)CC2)cc1OC. The highest BCUT2D eigenvalue weighted by atomic mass is 16.5. The van der Waals surface area contributed by atoms with E-state index in [2.05, 4.69) is 16.8 Å². The minimum Gasteiger partial charge on any atom is -0.493 e. The monoisotopic (exact) mass is 375 g/mol. The predicted molar refractivity (Wildman–Crippen MR) is 104 cm³/mol. The van der Waals surface area contributed by atoms with Crippen LogP contribution in [0.5, 0.6) is 11.5 Å². The third-order valence-corrected chi connectivity index (χ3v) is 4.24. The molecule has 2 rings (SSSR count). The summed E-state index contributed by atoms with van der Waals surface area (Å²) >= 11 is 0. The zero-order valence-electron chi connectivity index (χ0n) is 16.4. The van der Waals surface area contributed by atoms with E-state index in [9.17, 15) is 9.59 Å². The molecule has 1 N–H and O–H groups in total. The van der Waals surface area contributed by atoms with Crippen molar-refractivity contribution in [2.45, 2.75) is 19.9 Å². The number of rotatable bonds is 8. The number of benzene rings is 1. The number of carbonyl (C=O) groups excluding carboxylic acids is 2. The maximum Gasteiger partial charge on any atom is 0.254 e. The number of nitrogens with one attached hydrogen (secondary N) is 1. The largest absolute Gasteiger partial charge is 0.493 e. The van der Waals surface area contributed by atoms with Crippen LogP contribution < -0.4 is 14.8 Å². The first kappa shape index (κ1) is 20.8. The lowest BCUT2D eigenvalue weighted by molar-refractivity contribution is -0.123. The second-order valence-electron chi connectivity index (χ2n) is 6.76. The summed E-state index contributed by atoms with van der Waals surface area (Å²) < 4.78 is 10.9. The first-order valence-corrected chi connectivity index (χ1v) is 9.17. The molecule has 1 saturated heterocycles. The van der Waals surface area contributed by atoms with Gasteiger partial charge in [0.05, 0.1) is 13.7 Å². The van der Waals surface area contributed by atoms with Crippen LogP contribution in [0, 0.1) is 0 Å². The van der Waals surface area contributed by atoms with Gasteiger partial charge < -0.3 is 19.7 Å². The Morgan fingerprint density at radius 2 is 1.93 bits per heavy atom. The van der Waals surface area contributed by atoms with E-state index in [0.717, 1.165) is 0 Å². The molecule has 0 aromatic heterocycles. The molecule has 0 spiro atoms. The fourth-order valence-corrected chi connectivity index (χ4v) is 2.93. The van der Waals surface area contributed by atoms with Gasteiger partial charge in [-0.1, -0.05) is 12.7 Å². The molecule has 1 heterocycles. The second kappa shape index (κ2) is 9.97. The van der Waals surface area contributed by atoms with Gasteiger partial charge in [0.25, 0.3) is 5.91 Å². The van der Waals surface area contributed by atoms with Crippen LogP contribution in [0.3, 0.4) is 0 Å². The molecular formula is C20H29N3O4. The van der Waals surface area contributed by atoms with Crippen LogP contribution in [0.15, 0.2) is 30.9 Å². The fraction of sp³-hybridized carbons (Fsp3) is 0.500. The number of hydrogen-bond donors (Lipinski definition) is 1. The van der Waals surface area contributed by atoms with Crippen LogP contribution in [-0.4, -0.2) is 74.1 Å². The van der Waals surface area contributed by atoms with E-state index in [1.54, 1.807) is 36.3 Å². The molecule has 1 fully saturated rings. The molecule has 1 aliphatic rings. The lowest BCUT2D eigenvalue weighted by atomic mass is 10.1. The number of hydrogen-bond acceptors (Lipinski definition) is 5. The Balaban J connectivity index is 1.93. The quantitative estimate of drug-likeness (QED) is 0.698. The Bertz CT molecular complexity index is 667. The Labute approximate surface area is 160 Å². The summed E-state index contributed by atoms with van der Waals surface area (Å²) in [5, 5.41) is 2.89. The topological polar surface area (TPSA) is 71.1 Å². The first-order valence-electron chi connectivity index (χ1n) is 9.17. The Kier molecular flexibility index (Phi) is 7.67. The van der Waals surface area contributed by atoms with Gasteiger partial charge in [0, 0.05) is 37.8 Å². The summed E-state index contributed by atoms with van der Waals surface area (Å²) in [6, 6.07) is 5.31. The summed E-state index contributed by atoms with van der Waals surface area (Å²) in [5.74, 6) is 1.07. The standard InChI is InChI=1S/C20H29N3O4/c1-5-12-27-17-7-6-16(13-18(17)26-4)20(25)23-10-8-22(9-11-23)14-19(24)21-15(2)3/h5-7,13,15H,1,8-12,14H2,2-4H3,(H,21,24). The molecule has 7 nitrogen and oxygen atoms in total. The van der Waals surface area contributed by atoms with Gasteiger partial charge in [-0.25, -0.2) is 0 Å². The summed E-state index contributed by atoms with van der Waals surface area (Å²) in [6.07, 6.45) is 1.65. The third-order valence-electron chi connectivity index (χ3n) is 4.24. The van der Waals surface area contributed by atoms with Gasteiger partial charge in [-0.3, -0.25) is 14.5 Å². The van der Waals surface area contributed by atoms with Crippen LogP contribution in [0.2, 0.25) is 0 Å². The molecule has 27 heavy (non-hydrogen) atoms. The van der Waals surface area contributed by atoms with E-state index in [1.165, 1.54) is 0 Å². The number of carbonyl (C=O) groups is 2. The normalized spacial score (nSPS) is 14.7. The minimum absolute atomic E-state index is 0.0182. The highest BCUT2D eigenvalue weighted by Gasteiger charge is 2.24. The average Bonchev–Trinajstić information content (AvgIpc) is 2.65. The number of ether oxygens (including phenoxy) is 2. The highest BCUT2D eigenvalue weighted by molar-refractivity contribution is 5.95. The second-order valence-corrected chi connectivity index (χ2v) is 6.76. The van der Waals surface area contributed by atoms with Crippen LogP contribution in [-0.2, 0) is 4.79 Å². The van der Waals surface area contributed by atoms with Crippen molar-refractivity contribution in [3.8, 4) is 11.5 Å². The molecule has 0 saturated carbocycles. The van der Waals surface area contributed by atoms with Gasteiger partial charge in [0.2, 0.25) is 5.91 Å². The number of piperazine rings is 1. The van der Waals surface area contributed by atoms with E-state index in [0.29, 0.717) is 56.4 Å². The van der Waals surface area contributed by atoms with Gasteiger partial charge in [-0.05, 0) is 32.0 Å². The zero-order chi connectivity index (χ0) is 19.8. The Morgan fingerprint density at radius 3 is 2.52 bits per heavy atom. The molecule has 1 aromatic rings. The molecule has 0 radical (unpaired) electrons. The molecule has 0 atom stereocenters. The van der Waals surface area contributed by atoms with Gasteiger partial charge in [0.1, 0.15) is 6.61 Å². The maximum atomic E-state index is 12.8. The lowest BCUT2D eigenvalue weighted by Crippen LogP contribution is -2.51. The van der Waals surface area contributed by atoms with Crippen molar-refractivity contribution in [2.75, 3.05) is 46.4 Å². The van der Waals surface area contributed by atoms with Gasteiger partial charge in [-0.15, -0.1) is 0 Å². The van der Waals surface area contributed by atoms with Gasteiger partial charge in [0.15, 0.2) is 11.5 Å². The van der Waals surface area contributed by atoms with Crippen LogP contribution >= 0.6 is 0 Å².